The highest BCUT2D eigenvalue weighted by molar-refractivity contribution is 5.76. The molecule has 2 aliphatic heterocycles. The van der Waals surface area contributed by atoms with Gasteiger partial charge in [0.2, 0.25) is 5.91 Å². The number of nitrogens with zero attached hydrogens (tertiary/aromatic N) is 3. The lowest BCUT2D eigenvalue weighted by atomic mass is 10.1. The molecular formula is C16H26N4O2. The van der Waals surface area contributed by atoms with Gasteiger partial charge >= 0.3 is 0 Å². The number of carbonyl (C=O) groups excluding carboxylic acids is 1. The van der Waals surface area contributed by atoms with Gasteiger partial charge in [0.15, 0.2) is 0 Å². The van der Waals surface area contributed by atoms with Crippen LogP contribution in [-0.2, 0) is 22.5 Å². The van der Waals surface area contributed by atoms with Crippen molar-refractivity contribution < 1.29 is 9.53 Å². The number of rotatable bonds is 5. The van der Waals surface area contributed by atoms with Crippen molar-refractivity contribution >= 4 is 5.91 Å². The molecule has 3 rings (SSSR count). The molecule has 2 unspecified atom stereocenters. The SMILES string of the molecule is CC(C)c1nnc2n1CC(NC(=O)CCC1CCCO1)CC2. The summed E-state index contributed by atoms with van der Waals surface area (Å²) in [5, 5.41) is 11.7. The van der Waals surface area contributed by atoms with Crippen LogP contribution in [0, 0.1) is 0 Å². The first-order chi connectivity index (χ1) is 10.6. The molecule has 122 valence electrons. The van der Waals surface area contributed by atoms with Crippen LogP contribution in [0.4, 0.5) is 0 Å². The van der Waals surface area contributed by atoms with E-state index in [0.717, 1.165) is 56.9 Å². The fraction of sp³-hybridized carbons (Fsp3) is 0.812. The molecule has 1 saturated heterocycles. The zero-order chi connectivity index (χ0) is 15.5. The van der Waals surface area contributed by atoms with Crippen molar-refractivity contribution in [3.63, 3.8) is 0 Å². The van der Waals surface area contributed by atoms with Crippen LogP contribution in [0.25, 0.3) is 0 Å². The summed E-state index contributed by atoms with van der Waals surface area (Å²) in [6, 6.07) is 0.193. The number of amides is 1. The molecule has 0 aliphatic carbocycles. The molecule has 0 radical (unpaired) electrons. The second kappa shape index (κ2) is 6.77. The zero-order valence-corrected chi connectivity index (χ0v) is 13.5. The van der Waals surface area contributed by atoms with Crippen LogP contribution in [0.15, 0.2) is 0 Å². The van der Waals surface area contributed by atoms with Crippen molar-refractivity contribution in [2.24, 2.45) is 0 Å². The van der Waals surface area contributed by atoms with Gasteiger partial charge in [-0.3, -0.25) is 4.79 Å². The lowest BCUT2D eigenvalue weighted by Crippen LogP contribution is -2.41. The van der Waals surface area contributed by atoms with Crippen molar-refractivity contribution in [2.75, 3.05) is 6.61 Å². The van der Waals surface area contributed by atoms with Gasteiger partial charge in [0.05, 0.1) is 6.10 Å². The molecule has 1 aromatic rings. The van der Waals surface area contributed by atoms with E-state index >= 15 is 0 Å². The maximum atomic E-state index is 12.1. The first-order valence-corrected chi connectivity index (χ1v) is 8.46. The van der Waals surface area contributed by atoms with Crippen molar-refractivity contribution in [3.05, 3.63) is 11.6 Å². The second-order valence-electron chi connectivity index (χ2n) is 6.72. The minimum Gasteiger partial charge on any atom is -0.378 e. The Balaban J connectivity index is 1.51. The molecule has 22 heavy (non-hydrogen) atoms. The molecule has 1 amide bonds. The van der Waals surface area contributed by atoms with Crippen molar-refractivity contribution in [2.45, 2.75) is 77.0 Å². The summed E-state index contributed by atoms with van der Waals surface area (Å²) in [6.07, 6.45) is 5.75. The molecule has 6 heteroatoms. The minimum atomic E-state index is 0.142. The summed E-state index contributed by atoms with van der Waals surface area (Å²) in [4.78, 5) is 12.1. The zero-order valence-electron chi connectivity index (χ0n) is 13.5. The van der Waals surface area contributed by atoms with Crippen LogP contribution in [0.5, 0.6) is 0 Å². The van der Waals surface area contributed by atoms with Crippen LogP contribution >= 0.6 is 0 Å². The third kappa shape index (κ3) is 3.48. The van der Waals surface area contributed by atoms with Gasteiger partial charge in [0, 0.05) is 38.0 Å². The van der Waals surface area contributed by atoms with Gasteiger partial charge in [-0.2, -0.15) is 0 Å². The number of hydrogen-bond acceptors (Lipinski definition) is 4. The van der Waals surface area contributed by atoms with E-state index in [0.29, 0.717) is 12.3 Å². The Kier molecular flexibility index (Phi) is 4.76. The Bertz CT molecular complexity index is 520. The van der Waals surface area contributed by atoms with E-state index < -0.39 is 0 Å². The number of carbonyl (C=O) groups is 1. The number of fused-ring (bicyclic) bond motifs is 1. The minimum absolute atomic E-state index is 0.142. The molecule has 0 spiro atoms. The van der Waals surface area contributed by atoms with Gasteiger partial charge in [-0.1, -0.05) is 13.8 Å². The molecule has 2 atom stereocenters. The molecular weight excluding hydrogens is 280 g/mol. The summed E-state index contributed by atoms with van der Waals surface area (Å²) in [7, 11) is 0. The largest absolute Gasteiger partial charge is 0.378 e. The second-order valence-corrected chi connectivity index (χ2v) is 6.72. The monoisotopic (exact) mass is 306 g/mol. The molecule has 0 bridgehead atoms. The lowest BCUT2D eigenvalue weighted by Gasteiger charge is -2.26. The predicted octanol–water partition coefficient (Wildman–Crippen LogP) is 1.79. The number of aryl methyl sites for hydroxylation is 1. The first-order valence-electron chi connectivity index (χ1n) is 8.46. The normalized spacial score (nSPS) is 24.5. The smallest absolute Gasteiger partial charge is 0.220 e. The van der Waals surface area contributed by atoms with Crippen molar-refractivity contribution in [3.8, 4) is 0 Å². The third-order valence-electron chi connectivity index (χ3n) is 4.57. The summed E-state index contributed by atoms with van der Waals surface area (Å²) in [5.74, 6) is 2.57. The summed E-state index contributed by atoms with van der Waals surface area (Å²) in [6.45, 7) is 5.90. The topological polar surface area (TPSA) is 69.0 Å². The quantitative estimate of drug-likeness (QED) is 0.900. The number of ether oxygens (including phenoxy) is 1. The van der Waals surface area contributed by atoms with Crippen LogP contribution in [-0.4, -0.2) is 39.4 Å². The van der Waals surface area contributed by atoms with E-state index in [2.05, 4.69) is 33.9 Å². The summed E-state index contributed by atoms with van der Waals surface area (Å²) < 4.78 is 7.75. The Hall–Kier alpha value is -1.43. The highest BCUT2D eigenvalue weighted by atomic mass is 16.5. The Morgan fingerprint density at radius 3 is 3.00 bits per heavy atom. The predicted molar refractivity (Wildman–Crippen MR) is 82.6 cm³/mol. The molecule has 1 fully saturated rings. The van der Waals surface area contributed by atoms with E-state index in [1.807, 2.05) is 0 Å². The van der Waals surface area contributed by atoms with Crippen LogP contribution in [0.1, 0.15) is 63.5 Å². The van der Waals surface area contributed by atoms with Gasteiger partial charge < -0.3 is 14.6 Å². The Labute approximate surface area is 131 Å². The van der Waals surface area contributed by atoms with Gasteiger partial charge in [0.1, 0.15) is 11.6 Å². The fourth-order valence-corrected chi connectivity index (χ4v) is 3.36. The summed E-state index contributed by atoms with van der Waals surface area (Å²) >= 11 is 0. The van der Waals surface area contributed by atoms with Gasteiger partial charge in [0.25, 0.3) is 0 Å². The highest BCUT2D eigenvalue weighted by Gasteiger charge is 2.25. The third-order valence-corrected chi connectivity index (χ3v) is 4.57. The maximum absolute atomic E-state index is 12.1. The molecule has 0 aromatic carbocycles. The number of aromatic nitrogens is 3. The Morgan fingerprint density at radius 2 is 2.27 bits per heavy atom. The van der Waals surface area contributed by atoms with E-state index in [9.17, 15) is 4.79 Å². The molecule has 1 N–H and O–H groups in total. The van der Waals surface area contributed by atoms with E-state index in [-0.39, 0.29) is 18.1 Å². The number of nitrogens with one attached hydrogen (secondary N) is 1. The molecule has 2 aliphatic rings. The van der Waals surface area contributed by atoms with Gasteiger partial charge in [-0.25, -0.2) is 0 Å². The molecule has 6 nitrogen and oxygen atoms in total. The average Bonchev–Trinajstić information content (AvgIpc) is 3.14. The first kappa shape index (κ1) is 15.5. The number of hydrogen-bond donors (Lipinski definition) is 1. The average molecular weight is 306 g/mol. The highest BCUT2D eigenvalue weighted by Crippen LogP contribution is 2.20. The van der Waals surface area contributed by atoms with E-state index in [1.165, 1.54) is 0 Å². The molecule has 1 aromatic heterocycles. The maximum Gasteiger partial charge on any atom is 0.220 e. The van der Waals surface area contributed by atoms with E-state index in [4.69, 9.17) is 4.74 Å². The standard InChI is InChI=1S/C16H26N4O2/c1-11(2)16-19-18-14-7-5-12(10-20(14)16)17-15(21)8-6-13-4-3-9-22-13/h11-13H,3-10H2,1-2H3,(H,17,21). The lowest BCUT2D eigenvalue weighted by molar-refractivity contribution is -0.122. The van der Waals surface area contributed by atoms with Crippen LogP contribution in [0.2, 0.25) is 0 Å². The summed E-state index contributed by atoms with van der Waals surface area (Å²) in [5.41, 5.74) is 0. The van der Waals surface area contributed by atoms with Crippen LogP contribution < -0.4 is 5.32 Å². The van der Waals surface area contributed by atoms with Crippen molar-refractivity contribution in [1.29, 1.82) is 0 Å². The van der Waals surface area contributed by atoms with Crippen LogP contribution in [0.3, 0.4) is 0 Å². The Morgan fingerprint density at radius 1 is 1.41 bits per heavy atom. The molecule has 3 heterocycles. The van der Waals surface area contributed by atoms with E-state index in [1.54, 1.807) is 0 Å². The van der Waals surface area contributed by atoms with Crippen molar-refractivity contribution in [1.82, 2.24) is 20.1 Å². The van der Waals surface area contributed by atoms with Gasteiger partial charge in [-0.05, 0) is 25.7 Å². The molecule has 0 saturated carbocycles. The fourth-order valence-electron chi connectivity index (χ4n) is 3.36. The van der Waals surface area contributed by atoms with Gasteiger partial charge in [-0.15, -0.1) is 10.2 Å².